The lowest BCUT2D eigenvalue weighted by atomic mass is 9.85. The van der Waals surface area contributed by atoms with Crippen molar-refractivity contribution in [3.05, 3.63) is 24.3 Å². The molecule has 3 rings (SSSR count). The van der Waals surface area contributed by atoms with E-state index in [0.717, 1.165) is 19.3 Å². The molecule has 9 heteroatoms. The number of carbonyl (C=O) groups is 1. The topological polar surface area (TPSA) is 114 Å². The number of benzene rings is 1. The SMILES string of the molecule is COc1ccccc1S(=O)(=O)N[C@@H]1CC[C@@H](CCNC(=O)C2CCC2)O[C@H]1CO. The van der Waals surface area contributed by atoms with Crippen LogP contribution in [0.2, 0.25) is 0 Å². The van der Waals surface area contributed by atoms with Crippen molar-refractivity contribution in [1.29, 1.82) is 0 Å². The highest BCUT2D eigenvalue weighted by atomic mass is 32.2. The van der Waals surface area contributed by atoms with Crippen molar-refractivity contribution >= 4 is 15.9 Å². The fourth-order valence-corrected chi connectivity index (χ4v) is 5.22. The highest BCUT2D eigenvalue weighted by molar-refractivity contribution is 7.89. The molecule has 1 heterocycles. The smallest absolute Gasteiger partial charge is 0.244 e. The van der Waals surface area contributed by atoms with Gasteiger partial charge in [0.25, 0.3) is 0 Å². The van der Waals surface area contributed by atoms with Crippen LogP contribution < -0.4 is 14.8 Å². The summed E-state index contributed by atoms with van der Waals surface area (Å²) < 4.78 is 39.3. The van der Waals surface area contributed by atoms with E-state index < -0.39 is 22.2 Å². The molecule has 2 fully saturated rings. The van der Waals surface area contributed by atoms with Gasteiger partial charge in [-0.05, 0) is 44.2 Å². The molecule has 0 aromatic heterocycles. The van der Waals surface area contributed by atoms with Crippen molar-refractivity contribution in [3.63, 3.8) is 0 Å². The van der Waals surface area contributed by atoms with Crippen LogP contribution in [0.1, 0.15) is 38.5 Å². The summed E-state index contributed by atoms with van der Waals surface area (Å²) in [5.41, 5.74) is 0. The Morgan fingerprint density at radius 3 is 2.66 bits per heavy atom. The van der Waals surface area contributed by atoms with Crippen molar-refractivity contribution in [2.45, 2.75) is 61.7 Å². The van der Waals surface area contributed by atoms with E-state index in [9.17, 15) is 18.3 Å². The van der Waals surface area contributed by atoms with Crippen LogP contribution >= 0.6 is 0 Å². The van der Waals surface area contributed by atoms with Crippen molar-refractivity contribution in [3.8, 4) is 5.75 Å². The highest BCUT2D eigenvalue weighted by Gasteiger charge is 2.34. The summed E-state index contributed by atoms with van der Waals surface area (Å²) in [5.74, 6) is 0.520. The zero-order chi connectivity index (χ0) is 20.9. The quantitative estimate of drug-likeness (QED) is 0.547. The molecular weight excluding hydrogens is 396 g/mol. The van der Waals surface area contributed by atoms with Crippen molar-refractivity contribution in [2.24, 2.45) is 5.92 Å². The van der Waals surface area contributed by atoms with E-state index in [1.165, 1.54) is 13.2 Å². The number of para-hydroxylation sites is 1. The molecule has 1 aliphatic carbocycles. The predicted octanol–water partition coefficient (Wildman–Crippen LogP) is 1.19. The largest absolute Gasteiger partial charge is 0.495 e. The van der Waals surface area contributed by atoms with E-state index in [0.29, 0.717) is 25.8 Å². The van der Waals surface area contributed by atoms with E-state index in [1.807, 2.05) is 0 Å². The summed E-state index contributed by atoms with van der Waals surface area (Å²) >= 11 is 0. The van der Waals surface area contributed by atoms with Gasteiger partial charge in [-0.25, -0.2) is 13.1 Å². The third-order valence-corrected chi connectivity index (χ3v) is 7.23. The normalized spacial score (nSPS) is 25.2. The summed E-state index contributed by atoms with van der Waals surface area (Å²) in [7, 11) is -2.40. The molecule has 2 aliphatic rings. The molecule has 1 aliphatic heterocycles. The van der Waals surface area contributed by atoms with E-state index in [2.05, 4.69) is 10.0 Å². The van der Waals surface area contributed by atoms with Gasteiger partial charge < -0.3 is 19.9 Å². The minimum absolute atomic E-state index is 0.0556. The second-order valence-electron chi connectivity index (χ2n) is 7.64. The molecule has 0 spiro atoms. The standard InChI is InChI=1S/C20H30N2O6S/c1-27-17-7-2-3-8-19(17)29(25,26)22-16-10-9-15(28-18(16)13-23)11-12-21-20(24)14-5-4-6-14/h2-3,7-8,14-16,18,22-23H,4-6,9-13H2,1H3,(H,21,24)/t15-,16+,18-/m0/s1. The fourth-order valence-electron chi connectivity index (χ4n) is 3.75. The van der Waals surface area contributed by atoms with Crippen LogP contribution in [0.4, 0.5) is 0 Å². The molecule has 0 radical (unpaired) electrons. The van der Waals surface area contributed by atoms with Crippen LogP contribution in [-0.2, 0) is 19.6 Å². The van der Waals surface area contributed by atoms with Crippen molar-refractivity contribution in [2.75, 3.05) is 20.3 Å². The first kappa shape index (κ1) is 22.0. The van der Waals surface area contributed by atoms with Gasteiger partial charge in [0.05, 0.1) is 32.0 Å². The zero-order valence-electron chi connectivity index (χ0n) is 16.7. The molecule has 3 atom stereocenters. The van der Waals surface area contributed by atoms with Gasteiger partial charge in [-0.15, -0.1) is 0 Å². The third-order valence-electron chi connectivity index (χ3n) is 5.70. The molecule has 1 aromatic carbocycles. The summed E-state index contributed by atoms with van der Waals surface area (Å²) in [4.78, 5) is 12.0. The first-order chi connectivity index (χ1) is 13.9. The van der Waals surface area contributed by atoms with Crippen LogP contribution in [0.25, 0.3) is 0 Å². The number of amides is 1. The lowest BCUT2D eigenvalue weighted by Gasteiger charge is -2.36. The second kappa shape index (κ2) is 9.88. The van der Waals surface area contributed by atoms with E-state index in [1.54, 1.807) is 18.2 Å². The van der Waals surface area contributed by atoms with Gasteiger partial charge >= 0.3 is 0 Å². The average molecular weight is 427 g/mol. The third kappa shape index (κ3) is 5.48. The molecule has 0 bridgehead atoms. The Kier molecular flexibility index (Phi) is 7.50. The van der Waals surface area contributed by atoms with Crippen LogP contribution in [0, 0.1) is 5.92 Å². The Morgan fingerprint density at radius 1 is 1.24 bits per heavy atom. The number of rotatable bonds is 9. The van der Waals surface area contributed by atoms with Crippen molar-refractivity contribution < 1.29 is 27.8 Å². The van der Waals surface area contributed by atoms with E-state index in [4.69, 9.17) is 9.47 Å². The lowest BCUT2D eigenvalue weighted by molar-refractivity contribution is -0.127. The zero-order valence-corrected chi connectivity index (χ0v) is 17.5. The predicted molar refractivity (Wildman–Crippen MR) is 107 cm³/mol. The molecule has 8 nitrogen and oxygen atoms in total. The summed E-state index contributed by atoms with van der Waals surface area (Å²) in [5, 5.41) is 12.7. The Hall–Kier alpha value is -1.68. The summed E-state index contributed by atoms with van der Waals surface area (Å²) in [6.45, 7) is 0.236. The van der Waals surface area contributed by atoms with E-state index in [-0.39, 0.29) is 35.2 Å². The van der Waals surface area contributed by atoms with Crippen LogP contribution in [0.15, 0.2) is 29.2 Å². The number of hydrogen-bond acceptors (Lipinski definition) is 6. The Bertz CT molecular complexity index is 796. The first-order valence-corrected chi connectivity index (χ1v) is 11.6. The number of aliphatic hydroxyl groups is 1. The lowest BCUT2D eigenvalue weighted by Crippen LogP contribution is -2.51. The summed E-state index contributed by atoms with van der Waals surface area (Å²) in [6.07, 6.45) is 4.12. The second-order valence-corrected chi connectivity index (χ2v) is 9.33. The number of nitrogens with one attached hydrogen (secondary N) is 2. The monoisotopic (exact) mass is 426 g/mol. The molecule has 29 heavy (non-hydrogen) atoms. The van der Waals surface area contributed by atoms with Gasteiger partial charge in [-0.1, -0.05) is 18.6 Å². The Balaban J connectivity index is 1.53. The van der Waals surface area contributed by atoms with Gasteiger partial charge in [0.15, 0.2) is 0 Å². The number of ether oxygens (including phenoxy) is 2. The van der Waals surface area contributed by atoms with Gasteiger partial charge in [0.1, 0.15) is 10.6 Å². The fraction of sp³-hybridized carbons (Fsp3) is 0.650. The van der Waals surface area contributed by atoms with Crippen molar-refractivity contribution in [1.82, 2.24) is 10.0 Å². The molecule has 162 valence electrons. The Labute approximate surface area is 172 Å². The van der Waals surface area contributed by atoms with E-state index >= 15 is 0 Å². The van der Waals surface area contributed by atoms with Gasteiger partial charge in [0.2, 0.25) is 15.9 Å². The van der Waals surface area contributed by atoms with Gasteiger partial charge in [-0.2, -0.15) is 0 Å². The number of sulfonamides is 1. The molecule has 1 amide bonds. The van der Waals surface area contributed by atoms with Crippen LogP contribution in [0.5, 0.6) is 5.75 Å². The average Bonchev–Trinajstić information content (AvgIpc) is 2.67. The molecular formula is C20H30N2O6S. The molecule has 1 saturated carbocycles. The number of carbonyl (C=O) groups excluding carboxylic acids is 1. The minimum atomic E-state index is -3.82. The maximum atomic E-state index is 12.8. The van der Waals surface area contributed by atoms with Crippen LogP contribution in [0.3, 0.4) is 0 Å². The van der Waals surface area contributed by atoms with Gasteiger partial charge in [-0.3, -0.25) is 4.79 Å². The molecule has 1 aromatic rings. The Morgan fingerprint density at radius 2 is 2.00 bits per heavy atom. The van der Waals surface area contributed by atoms with Gasteiger partial charge in [0, 0.05) is 12.5 Å². The highest BCUT2D eigenvalue weighted by Crippen LogP contribution is 2.28. The molecule has 3 N–H and O–H groups in total. The number of methoxy groups -OCH3 is 1. The number of aliphatic hydroxyl groups excluding tert-OH is 1. The maximum absolute atomic E-state index is 12.8. The maximum Gasteiger partial charge on any atom is 0.244 e. The molecule has 1 saturated heterocycles. The first-order valence-electron chi connectivity index (χ1n) is 10.1. The van der Waals surface area contributed by atoms with Crippen LogP contribution in [-0.4, -0.2) is 57.9 Å². The summed E-state index contributed by atoms with van der Waals surface area (Å²) in [6, 6.07) is 5.87. The minimum Gasteiger partial charge on any atom is -0.495 e. The molecule has 0 unspecified atom stereocenters. The number of hydrogen-bond donors (Lipinski definition) is 3.